The molecule has 0 atom stereocenters. The molecule has 19 heavy (non-hydrogen) atoms. The topological polar surface area (TPSA) is 42.2 Å². The summed E-state index contributed by atoms with van der Waals surface area (Å²) in [7, 11) is 1.65. The van der Waals surface area contributed by atoms with Crippen LogP contribution < -0.4 is 4.74 Å². The number of hydrogen-bond acceptors (Lipinski definition) is 3. The molecule has 2 aromatic rings. The molecule has 0 aliphatic heterocycles. The molecule has 0 spiro atoms. The fourth-order valence-electron chi connectivity index (χ4n) is 1.65. The van der Waals surface area contributed by atoms with Crippen LogP contribution in [0, 0.1) is 11.3 Å². The maximum absolute atomic E-state index is 8.81. The summed E-state index contributed by atoms with van der Waals surface area (Å²) in [5, 5.41) is 9.19. The van der Waals surface area contributed by atoms with E-state index in [9.17, 15) is 0 Å². The second kappa shape index (κ2) is 6.24. The van der Waals surface area contributed by atoms with Crippen molar-refractivity contribution in [1.82, 2.24) is 0 Å². The minimum absolute atomic E-state index is 0.382. The van der Waals surface area contributed by atoms with Gasteiger partial charge in [0.25, 0.3) is 0 Å². The smallest absolute Gasteiger partial charge is 0.129 e. The number of nitriles is 1. The number of benzene rings is 2. The predicted molar refractivity (Wildman–Crippen MR) is 73.4 cm³/mol. The van der Waals surface area contributed by atoms with Crippen molar-refractivity contribution in [1.29, 1.82) is 5.26 Å². The first-order valence-corrected chi connectivity index (χ1v) is 6.06. The molecule has 0 amide bonds. The molecule has 0 saturated carbocycles. The van der Waals surface area contributed by atoms with Crippen molar-refractivity contribution >= 4 is 11.6 Å². The van der Waals surface area contributed by atoms with Gasteiger partial charge in [-0.05, 0) is 29.8 Å². The molecule has 0 saturated heterocycles. The monoisotopic (exact) mass is 273 g/mol. The molecular weight excluding hydrogens is 262 g/mol. The fraction of sp³-hybridized carbons (Fsp3) is 0.133. The first-order valence-electron chi connectivity index (χ1n) is 5.68. The Morgan fingerprint density at radius 2 is 1.95 bits per heavy atom. The van der Waals surface area contributed by atoms with Gasteiger partial charge in [-0.25, -0.2) is 0 Å². The van der Waals surface area contributed by atoms with Crippen LogP contribution in [0.3, 0.4) is 0 Å². The standard InChI is InChI=1S/C15H12ClNO2/c1-18-10-11-3-2-4-13(7-11)19-14-6-5-12(9-17)15(16)8-14/h2-8H,10H2,1H3. The highest BCUT2D eigenvalue weighted by atomic mass is 35.5. The maximum Gasteiger partial charge on any atom is 0.129 e. The Labute approximate surface area is 117 Å². The first-order chi connectivity index (χ1) is 9.22. The number of hydrogen-bond donors (Lipinski definition) is 0. The number of ether oxygens (including phenoxy) is 2. The molecule has 0 aromatic heterocycles. The fourth-order valence-corrected chi connectivity index (χ4v) is 1.86. The van der Waals surface area contributed by atoms with Gasteiger partial charge >= 0.3 is 0 Å². The lowest BCUT2D eigenvalue weighted by atomic mass is 10.2. The number of methoxy groups -OCH3 is 1. The summed E-state index contributed by atoms with van der Waals surface area (Å²) in [6.07, 6.45) is 0. The molecule has 2 rings (SSSR count). The van der Waals surface area contributed by atoms with Gasteiger partial charge in [-0.3, -0.25) is 0 Å². The van der Waals surface area contributed by atoms with Gasteiger partial charge in [-0.1, -0.05) is 23.7 Å². The largest absolute Gasteiger partial charge is 0.457 e. The van der Waals surface area contributed by atoms with Crippen molar-refractivity contribution in [2.75, 3.05) is 7.11 Å². The van der Waals surface area contributed by atoms with Gasteiger partial charge in [0, 0.05) is 13.2 Å². The van der Waals surface area contributed by atoms with Crippen LogP contribution in [0.5, 0.6) is 11.5 Å². The second-order valence-corrected chi connectivity index (χ2v) is 4.34. The van der Waals surface area contributed by atoms with Crippen LogP contribution in [-0.4, -0.2) is 7.11 Å². The lowest BCUT2D eigenvalue weighted by Crippen LogP contribution is -1.90. The van der Waals surface area contributed by atoms with Crippen molar-refractivity contribution in [2.45, 2.75) is 6.61 Å². The number of rotatable bonds is 4. The normalized spacial score (nSPS) is 9.95. The zero-order chi connectivity index (χ0) is 13.7. The van der Waals surface area contributed by atoms with Gasteiger partial charge in [0.05, 0.1) is 17.2 Å². The lowest BCUT2D eigenvalue weighted by molar-refractivity contribution is 0.184. The summed E-state index contributed by atoms with van der Waals surface area (Å²) in [6.45, 7) is 0.533. The summed E-state index contributed by atoms with van der Waals surface area (Å²) < 4.78 is 10.8. The van der Waals surface area contributed by atoms with Gasteiger partial charge in [0.15, 0.2) is 0 Å². The first kappa shape index (κ1) is 13.4. The van der Waals surface area contributed by atoms with Gasteiger partial charge in [0.1, 0.15) is 17.6 Å². The van der Waals surface area contributed by atoms with Crippen LogP contribution in [-0.2, 0) is 11.3 Å². The van der Waals surface area contributed by atoms with Crippen molar-refractivity contribution in [3.05, 3.63) is 58.6 Å². The summed E-state index contributed by atoms with van der Waals surface area (Å²) in [6, 6.07) is 14.6. The summed E-state index contributed by atoms with van der Waals surface area (Å²) >= 11 is 5.95. The quantitative estimate of drug-likeness (QED) is 0.840. The van der Waals surface area contributed by atoms with Gasteiger partial charge < -0.3 is 9.47 Å². The van der Waals surface area contributed by atoms with E-state index in [1.165, 1.54) is 0 Å². The third kappa shape index (κ3) is 3.47. The number of halogens is 1. The molecule has 0 radical (unpaired) electrons. The van der Waals surface area contributed by atoms with Crippen LogP contribution in [0.15, 0.2) is 42.5 Å². The average Bonchev–Trinajstić information content (AvgIpc) is 2.40. The molecular formula is C15H12ClNO2. The molecule has 2 aromatic carbocycles. The van der Waals surface area contributed by atoms with E-state index in [1.54, 1.807) is 25.3 Å². The van der Waals surface area contributed by atoms with Crippen LogP contribution in [0.25, 0.3) is 0 Å². The Hall–Kier alpha value is -2.02. The highest BCUT2D eigenvalue weighted by Gasteiger charge is 2.03. The SMILES string of the molecule is COCc1cccc(Oc2ccc(C#N)c(Cl)c2)c1. The molecule has 0 aliphatic carbocycles. The predicted octanol–water partition coefficient (Wildman–Crippen LogP) is 4.15. The Kier molecular flexibility index (Phi) is 4.40. The Balaban J connectivity index is 2.19. The minimum atomic E-state index is 0.382. The van der Waals surface area contributed by atoms with Gasteiger partial charge in [-0.15, -0.1) is 0 Å². The Bertz CT molecular complexity index is 620. The van der Waals surface area contributed by atoms with E-state index in [-0.39, 0.29) is 0 Å². The van der Waals surface area contributed by atoms with E-state index >= 15 is 0 Å². The third-order valence-electron chi connectivity index (χ3n) is 2.51. The van der Waals surface area contributed by atoms with Crippen LogP contribution in [0.1, 0.15) is 11.1 Å². The van der Waals surface area contributed by atoms with Crippen LogP contribution >= 0.6 is 11.6 Å². The van der Waals surface area contributed by atoms with E-state index in [2.05, 4.69) is 0 Å². The van der Waals surface area contributed by atoms with Crippen LogP contribution in [0.2, 0.25) is 5.02 Å². The molecule has 96 valence electrons. The minimum Gasteiger partial charge on any atom is -0.457 e. The van der Waals surface area contributed by atoms with Gasteiger partial charge in [-0.2, -0.15) is 5.26 Å². The zero-order valence-electron chi connectivity index (χ0n) is 10.4. The molecule has 3 nitrogen and oxygen atoms in total. The molecule has 0 fully saturated rings. The summed E-state index contributed by atoms with van der Waals surface area (Å²) in [4.78, 5) is 0. The van der Waals surface area contributed by atoms with Crippen molar-refractivity contribution in [3.8, 4) is 17.6 Å². The zero-order valence-corrected chi connectivity index (χ0v) is 11.1. The summed E-state index contributed by atoms with van der Waals surface area (Å²) in [5.41, 5.74) is 1.46. The molecule has 0 bridgehead atoms. The Morgan fingerprint density at radius 1 is 1.16 bits per heavy atom. The third-order valence-corrected chi connectivity index (χ3v) is 2.82. The van der Waals surface area contributed by atoms with Crippen molar-refractivity contribution in [3.63, 3.8) is 0 Å². The Morgan fingerprint density at radius 3 is 2.63 bits per heavy atom. The second-order valence-electron chi connectivity index (χ2n) is 3.94. The molecule has 4 heteroatoms. The van der Waals surface area contributed by atoms with E-state index in [4.69, 9.17) is 26.3 Å². The van der Waals surface area contributed by atoms with E-state index in [0.29, 0.717) is 28.7 Å². The molecule has 0 unspecified atom stereocenters. The van der Waals surface area contributed by atoms with E-state index in [0.717, 1.165) is 5.56 Å². The maximum atomic E-state index is 8.81. The van der Waals surface area contributed by atoms with Crippen LogP contribution in [0.4, 0.5) is 0 Å². The van der Waals surface area contributed by atoms with Crippen molar-refractivity contribution in [2.24, 2.45) is 0 Å². The molecule has 0 N–H and O–H groups in total. The molecule has 0 heterocycles. The number of nitrogens with zero attached hydrogens (tertiary/aromatic N) is 1. The van der Waals surface area contributed by atoms with Crippen molar-refractivity contribution < 1.29 is 9.47 Å². The highest BCUT2D eigenvalue weighted by molar-refractivity contribution is 6.31. The lowest BCUT2D eigenvalue weighted by Gasteiger charge is -2.08. The van der Waals surface area contributed by atoms with E-state index in [1.807, 2.05) is 30.3 Å². The highest BCUT2D eigenvalue weighted by Crippen LogP contribution is 2.27. The summed E-state index contributed by atoms with van der Waals surface area (Å²) in [5.74, 6) is 1.30. The van der Waals surface area contributed by atoms with Gasteiger partial charge in [0.2, 0.25) is 0 Å². The van der Waals surface area contributed by atoms with E-state index < -0.39 is 0 Å². The average molecular weight is 274 g/mol. The molecule has 0 aliphatic rings.